The molecule has 112 valence electrons. The average Bonchev–Trinajstić information content (AvgIpc) is 2.40. The van der Waals surface area contributed by atoms with Crippen molar-refractivity contribution < 1.29 is 19.0 Å². The number of rotatable bonds is 7. The van der Waals surface area contributed by atoms with Gasteiger partial charge in [0.25, 0.3) is 0 Å². The fraction of sp³-hybridized carbons (Fsp3) is 0.500. The van der Waals surface area contributed by atoms with E-state index in [1.54, 1.807) is 33.3 Å². The molecule has 0 aromatic heterocycles. The number of ether oxygens (including phenoxy) is 3. The molecule has 20 heavy (non-hydrogen) atoms. The van der Waals surface area contributed by atoms with Crippen molar-refractivity contribution in [2.45, 2.75) is 26.3 Å². The first-order valence-electron chi connectivity index (χ1n) is 6.35. The smallest absolute Gasteiger partial charge is 0.307 e. The van der Waals surface area contributed by atoms with Crippen LogP contribution in [0.3, 0.4) is 0 Å². The number of hydrogen-bond donors (Lipinski definition) is 1. The quantitative estimate of drug-likeness (QED) is 0.784. The maximum atomic E-state index is 11.4. The summed E-state index contributed by atoms with van der Waals surface area (Å²) in [5.41, 5.74) is 0.713. The fourth-order valence-corrected chi connectivity index (χ4v) is 1.99. The number of anilines is 1. The minimum absolute atomic E-state index is 0.103. The second-order valence-electron chi connectivity index (χ2n) is 4.24. The van der Waals surface area contributed by atoms with Gasteiger partial charge in [0.2, 0.25) is 0 Å². The predicted molar refractivity (Wildman–Crippen MR) is 78.9 cm³/mol. The van der Waals surface area contributed by atoms with Gasteiger partial charge in [-0.25, -0.2) is 0 Å². The zero-order valence-corrected chi connectivity index (χ0v) is 12.9. The fourth-order valence-electron chi connectivity index (χ4n) is 1.76. The molecular weight excluding hydrogens is 282 g/mol. The Labute approximate surface area is 124 Å². The van der Waals surface area contributed by atoms with Gasteiger partial charge < -0.3 is 19.5 Å². The van der Waals surface area contributed by atoms with Crippen LogP contribution in [0.1, 0.15) is 20.3 Å². The first-order valence-corrected chi connectivity index (χ1v) is 6.73. The van der Waals surface area contributed by atoms with Crippen molar-refractivity contribution in [3.05, 3.63) is 17.2 Å². The zero-order chi connectivity index (χ0) is 15.1. The van der Waals surface area contributed by atoms with Gasteiger partial charge in [-0.15, -0.1) is 0 Å². The number of carbonyl (C=O) groups excluding carboxylic acids is 1. The van der Waals surface area contributed by atoms with Crippen LogP contribution in [-0.4, -0.2) is 32.8 Å². The Bertz CT molecular complexity index is 465. The number of benzene rings is 1. The van der Waals surface area contributed by atoms with E-state index in [1.165, 1.54) is 0 Å². The van der Waals surface area contributed by atoms with E-state index in [4.69, 9.17) is 25.8 Å². The van der Waals surface area contributed by atoms with Crippen LogP contribution in [-0.2, 0) is 9.53 Å². The molecule has 0 fully saturated rings. The van der Waals surface area contributed by atoms with E-state index in [1.807, 2.05) is 6.92 Å². The Morgan fingerprint density at radius 1 is 1.30 bits per heavy atom. The summed E-state index contributed by atoms with van der Waals surface area (Å²) >= 11 is 6.04. The molecule has 0 spiro atoms. The van der Waals surface area contributed by atoms with E-state index in [-0.39, 0.29) is 18.4 Å². The Balaban J connectivity index is 2.82. The normalized spacial score (nSPS) is 11.7. The minimum atomic E-state index is -0.243. The highest BCUT2D eigenvalue weighted by molar-refractivity contribution is 6.32. The zero-order valence-electron chi connectivity index (χ0n) is 12.2. The van der Waals surface area contributed by atoms with E-state index in [2.05, 4.69) is 5.32 Å². The molecule has 1 unspecified atom stereocenters. The first kappa shape index (κ1) is 16.4. The molecule has 1 N–H and O–H groups in total. The number of halogens is 1. The van der Waals surface area contributed by atoms with Gasteiger partial charge in [-0.05, 0) is 13.8 Å². The van der Waals surface area contributed by atoms with Crippen LogP contribution in [0.4, 0.5) is 5.69 Å². The molecule has 1 aromatic carbocycles. The highest BCUT2D eigenvalue weighted by Gasteiger charge is 2.14. The summed E-state index contributed by atoms with van der Waals surface area (Å²) in [5, 5.41) is 3.65. The maximum Gasteiger partial charge on any atom is 0.307 e. The molecule has 0 aliphatic rings. The van der Waals surface area contributed by atoms with Crippen LogP contribution < -0.4 is 14.8 Å². The molecule has 0 saturated heterocycles. The van der Waals surface area contributed by atoms with Crippen LogP contribution in [0.5, 0.6) is 11.5 Å². The van der Waals surface area contributed by atoms with Crippen molar-refractivity contribution in [1.29, 1.82) is 0 Å². The van der Waals surface area contributed by atoms with E-state index < -0.39 is 0 Å². The Hall–Kier alpha value is -1.62. The van der Waals surface area contributed by atoms with Gasteiger partial charge in [-0.1, -0.05) is 11.6 Å². The molecule has 5 nitrogen and oxygen atoms in total. The third-order valence-electron chi connectivity index (χ3n) is 2.65. The van der Waals surface area contributed by atoms with Gasteiger partial charge in [0.15, 0.2) is 0 Å². The van der Waals surface area contributed by atoms with E-state index >= 15 is 0 Å². The summed E-state index contributed by atoms with van der Waals surface area (Å²) in [6.07, 6.45) is 0.266. The molecule has 0 heterocycles. The number of methoxy groups -OCH3 is 2. The lowest BCUT2D eigenvalue weighted by atomic mass is 10.2. The number of carbonyl (C=O) groups is 1. The van der Waals surface area contributed by atoms with Crippen molar-refractivity contribution in [3.63, 3.8) is 0 Å². The van der Waals surface area contributed by atoms with Crippen molar-refractivity contribution in [3.8, 4) is 11.5 Å². The van der Waals surface area contributed by atoms with Crippen molar-refractivity contribution >= 4 is 23.3 Å². The van der Waals surface area contributed by atoms with Gasteiger partial charge in [0.1, 0.15) is 11.5 Å². The van der Waals surface area contributed by atoms with E-state index in [0.29, 0.717) is 28.8 Å². The Morgan fingerprint density at radius 3 is 2.50 bits per heavy atom. The van der Waals surface area contributed by atoms with Gasteiger partial charge in [-0.2, -0.15) is 0 Å². The first-order chi connectivity index (χ1) is 9.51. The predicted octanol–water partition coefficient (Wildman–Crippen LogP) is 3.11. The summed E-state index contributed by atoms with van der Waals surface area (Å²) in [4.78, 5) is 11.4. The molecule has 0 amide bonds. The minimum Gasteiger partial charge on any atom is -0.495 e. The molecule has 6 heteroatoms. The molecule has 0 aliphatic heterocycles. The van der Waals surface area contributed by atoms with Crippen molar-refractivity contribution in [1.82, 2.24) is 0 Å². The summed E-state index contributed by atoms with van der Waals surface area (Å²) in [5.74, 6) is 0.886. The number of hydrogen-bond acceptors (Lipinski definition) is 5. The van der Waals surface area contributed by atoms with Gasteiger partial charge >= 0.3 is 5.97 Å². The number of esters is 1. The third kappa shape index (κ3) is 4.49. The largest absolute Gasteiger partial charge is 0.495 e. The highest BCUT2D eigenvalue weighted by atomic mass is 35.5. The Kier molecular flexibility index (Phi) is 6.45. The lowest BCUT2D eigenvalue weighted by molar-refractivity contribution is -0.143. The average molecular weight is 302 g/mol. The SMILES string of the molecule is CCOC(=O)CC(C)Nc1cc(OC)c(Cl)cc1OC. The molecule has 1 rings (SSSR count). The lowest BCUT2D eigenvalue weighted by Crippen LogP contribution is -2.21. The van der Waals surface area contributed by atoms with Crippen molar-refractivity contribution in [2.24, 2.45) is 0 Å². The van der Waals surface area contributed by atoms with Crippen LogP contribution in [0, 0.1) is 0 Å². The molecule has 0 bridgehead atoms. The van der Waals surface area contributed by atoms with Crippen LogP contribution in [0.25, 0.3) is 0 Å². The summed E-state index contributed by atoms with van der Waals surface area (Å²) < 4.78 is 15.3. The Morgan fingerprint density at radius 2 is 1.95 bits per heavy atom. The summed E-state index contributed by atoms with van der Waals surface area (Å²) in [7, 11) is 3.10. The van der Waals surface area contributed by atoms with Crippen LogP contribution >= 0.6 is 11.6 Å². The second-order valence-corrected chi connectivity index (χ2v) is 4.65. The maximum absolute atomic E-state index is 11.4. The molecular formula is C14H20ClNO4. The molecule has 0 saturated carbocycles. The van der Waals surface area contributed by atoms with E-state index in [9.17, 15) is 4.79 Å². The van der Waals surface area contributed by atoms with Crippen LogP contribution in [0.2, 0.25) is 5.02 Å². The highest BCUT2D eigenvalue weighted by Crippen LogP contribution is 2.36. The third-order valence-corrected chi connectivity index (χ3v) is 2.95. The summed E-state index contributed by atoms with van der Waals surface area (Å²) in [6.45, 7) is 4.05. The topological polar surface area (TPSA) is 56.8 Å². The van der Waals surface area contributed by atoms with E-state index in [0.717, 1.165) is 0 Å². The summed E-state index contributed by atoms with van der Waals surface area (Å²) in [6, 6.07) is 3.30. The van der Waals surface area contributed by atoms with Gasteiger partial charge in [-0.3, -0.25) is 4.79 Å². The molecule has 0 radical (unpaired) electrons. The van der Waals surface area contributed by atoms with Crippen molar-refractivity contribution in [2.75, 3.05) is 26.1 Å². The van der Waals surface area contributed by atoms with Gasteiger partial charge in [0, 0.05) is 18.2 Å². The monoisotopic (exact) mass is 301 g/mol. The van der Waals surface area contributed by atoms with Crippen LogP contribution in [0.15, 0.2) is 12.1 Å². The molecule has 1 atom stereocenters. The van der Waals surface area contributed by atoms with Gasteiger partial charge in [0.05, 0.1) is 38.0 Å². The molecule has 0 aliphatic carbocycles. The molecule has 1 aromatic rings. The number of nitrogens with one attached hydrogen (secondary N) is 1. The lowest BCUT2D eigenvalue weighted by Gasteiger charge is -2.18. The standard InChI is InChI=1S/C14H20ClNO4/c1-5-20-14(17)6-9(2)16-11-8-12(18-3)10(15)7-13(11)19-4/h7-9,16H,5-6H2,1-4H3. The second kappa shape index (κ2) is 7.85.